The molecule has 0 radical (unpaired) electrons. The zero-order valence-electron chi connectivity index (χ0n) is 11.9. The summed E-state index contributed by atoms with van der Waals surface area (Å²) < 4.78 is 16.9. The van der Waals surface area contributed by atoms with Crippen LogP contribution in [-0.2, 0) is 25.6 Å². The van der Waals surface area contributed by atoms with Crippen molar-refractivity contribution in [2.75, 3.05) is 6.61 Å². The summed E-state index contributed by atoms with van der Waals surface area (Å²) in [6.45, 7) is 3.15. The molecule has 0 spiro atoms. The molecule has 1 saturated heterocycles. The second-order valence-electron chi connectivity index (χ2n) is 5.05. The van der Waals surface area contributed by atoms with Crippen molar-refractivity contribution in [3.05, 3.63) is 35.9 Å². The van der Waals surface area contributed by atoms with Crippen molar-refractivity contribution in [1.82, 2.24) is 0 Å². The Labute approximate surface area is 120 Å². The third kappa shape index (κ3) is 5.04. The van der Waals surface area contributed by atoms with Crippen molar-refractivity contribution in [1.29, 1.82) is 0 Å². The quantitative estimate of drug-likeness (QED) is 0.568. The van der Waals surface area contributed by atoms with Gasteiger partial charge in [0.25, 0.3) is 0 Å². The van der Waals surface area contributed by atoms with Gasteiger partial charge < -0.3 is 19.0 Å². The topological polar surface area (TPSA) is 44.8 Å². The molecule has 1 heterocycles. The molecule has 0 N–H and O–H groups in total. The third-order valence-electron chi connectivity index (χ3n) is 3.35. The second-order valence-corrected chi connectivity index (χ2v) is 5.05. The maximum Gasteiger partial charge on any atom is 0.155 e. The molecule has 0 saturated carbocycles. The molecule has 0 aliphatic carbocycles. The maximum absolute atomic E-state index is 10.6. The van der Waals surface area contributed by atoms with Crippen LogP contribution < -0.4 is 0 Å². The molecule has 1 aliphatic heterocycles. The lowest BCUT2D eigenvalue weighted by Crippen LogP contribution is -2.37. The lowest BCUT2D eigenvalue weighted by molar-refractivity contribution is -0.236. The van der Waals surface area contributed by atoms with Gasteiger partial charge >= 0.3 is 0 Å². The van der Waals surface area contributed by atoms with Crippen LogP contribution in [0, 0.1) is 0 Å². The molecular formula is C16H22O4. The zero-order valence-corrected chi connectivity index (χ0v) is 11.9. The Balaban J connectivity index is 1.66. The Hall–Kier alpha value is -1.23. The lowest BCUT2D eigenvalue weighted by Gasteiger charge is -2.33. The highest BCUT2D eigenvalue weighted by atomic mass is 16.7. The van der Waals surface area contributed by atoms with Gasteiger partial charge in [-0.3, -0.25) is 0 Å². The van der Waals surface area contributed by atoms with E-state index in [9.17, 15) is 4.79 Å². The molecule has 20 heavy (non-hydrogen) atoms. The van der Waals surface area contributed by atoms with Gasteiger partial charge in [-0.2, -0.15) is 0 Å². The largest absolute Gasteiger partial charge is 0.377 e. The molecule has 4 heteroatoms. The number of hydrogen-bond acceptors (Lipinski definition) is 4. The molecule has 1 aromatic carbocycles. The fourth-order valence-corrected chi connectivity index (χ4v) is 2.40. The van der Waals surface area contributed by atoms with Crippen molar-refractivity contribution in [2.45, 2.75) is 51.3 Å². The van der Waals surface area contributed by atoms with E-state index in [2.05, 4.69) is 0 Å². The van der Waals surface area contributed by atoms with Crippen LogP contribution >= 0.6 is 0 Å². The molecular weight excluding hydrogens is 256 g/mol. The SMILES string of the molecule is C[C@@H]1O[C@H](CCOCc2ccccc2)C[C@H](CC=O)O1. The first-order valence-corrected chi connectivity index (χ1v) is 7.14. The Bertz CT molecular complexity index is 393. The smallest absolute Gasteiger partial charge is 0.155 e. The Morgan fingerprint density at radius 1 is 1.25 bits per heavy atom. The molecule has 0 aromatic heterocycles. The van der Waals surface area contributed by atoms with Crippen LogP contribution in [0.15, 0.2) is 30.3 Å². The predicted molar refractivity (Wildman–Crippen MR) is 75.2 cm³/mol. The van der Waals surface area contributed by atoms with E-state index in [0.717, 1.165) is 19.1 Å². The first-order valence-electron chi connectivity index (χ1n) is 7.14. The van der Waals surface area contributed by atoms with E-state index in [1.54, 1.807) is 0 Å². The highest BCUT2D eigenvalue weighted by Crippen LogP contribution is 2.22. The molecule has 0 unspecified atom stereocenters. The summed E-state index contributed by atoms with van der Waals surface area (Å²) in [6, 6.07) is 10.1. The highest BCUT2D eigenvalue weighted by molar-refractivity contribution is 5.50. The van der Waals surface area contributed by atoms with Crippen molar-refractivity contribution < 1.29 is 19.0 Å². The normalized spacial score (nSPS) is 26.4. The van der Waals surface area contributed by atoms with Gasteiger partial charge in [0.2, 0.25) is 0 Å². The molecule has 2 rings (SSSR count). The summed E-state index contributed by atoms with van der Waals surface area (Å²) in [5.41, 5.74) is 1.17. The summed E-state index contributed by atoms with van der Waals surface area (Å²) in [5.74, 6) is 0. The number of rotatable bonds is 7. The van der Waals surface area contributed by atoms with E-state index in [4.69, 9.17) is 14.2 Å². The van der Waals surface area contributed by atoms with E-state index in [-0.39, 0.29) is 18.5 Å². The van der Waals surface area contributed by atoms with Gasteiger partial charge in [-0.05, 0) is 18.9 Å². The minimum Gasteiger partial charge on any atom is -0.377 e. The van der Waals surface area contributed by atoms with E-state index >= 15 is 0 Å². The van der Waals surface area contributed by atoms with Gasteiger partial charge in [-0.25, -0.2) is 0 Å². The highest BCUT2D eigenvalue weighted by Gasteiger charge is 2.27. The Morgan fingerprint density at radius 3 is 2.75 bits per heavy atom. The van der Waals surface area contributed by atoms with Crippen LogP contribution in [0.5, 0.6) is 0 Å². The minimum atomic E-state index is -0.243. The molecule has 110 valence electrons. The van der Waals surface area contributed by atoms with Crippen LogP contribution in [0.1, 0.15) is 31.7 Å². The van der Waals surface area contributed by atoms with Crippen LogP contribution in [0.25, 0.3) is 0 Å². The number of hydrogen-bond donors (Lipinski definition) is 0. The number of ether oxygens (including phenoxy) is 3. The first kappa shape index (κ1) is 15.2. The van der Waals surface area contributed by atoms with E-state index in [0.29, 0.717) is 19.6 Å². The van der Waals surface area contributed by atoms with E-state index in [1.807, 2.05) is 37.3 Å². The van der Waals surface area contributed by atoms with Crippen molar-refractivity contribution >= 4 is 6.29 Å². The molecule has 1 fully saturated rings. The Kier molecular flexibility index (Phi) is 6.18. The van der Waals surface area contributed by atoms with Crippen LogP contribution in [0.2, 0.25) is 0 Å². The minimum absolute atomic E-state index is 0.0182. The summed E-state index contributed by atoms with van der Waals surface area (Å²) in [4.78, 5) is 10.6. The average molecular weight is 278 g/mol. The van der Waals surface area contributed by atoms with Crippen LogP contribution in [-0.4, -0.2) is 31.4 Å². The van der Waals surface area contributed by atoms with E-state index in [1.165, 1.54) is 5.56 Å². The number of aldehydes is 1. The fourth-order valence-electron chi connectivity index (χ4n) is 2.40. The van der Waals surface area contributed by atoms with Crippen molar-refractivity contribution in [3.63, 3.8) is 0 Å². The van der Waals surface area contributed by atoms with Crippen LogP contribution in [0.4, 0.5) is 0 Å². The van der Waals surface area contributed by atoms with Gasteiger partial charge in [0.1, 0.15) is 6.29 Å². The van der Waals surface area contributed by atoms with Gasteiger partial charge in [0.05, 0.1) is 18.8 Å². The molecule has 0 amide bonds. The molecule has 1 aromatic rings. The zero-order chi connectivity index (χ0) is 14.2. The van der Waals surface area contributed by atoms with Gasteiger partial charge in [0.15, 0.2) is 6.29 Å². The standard InChI is InChI=1S/C16H22O4/c1-13-19-15(7-9-17)11-16(20-13)8-10-18-12-14-5-3-2-4-6-14/h2-6,9,13,15-16H,7-8,10-12H2,1H3/t13-,15-,16+/m0/s1. The first-order chi connectivity index (χ1) is 9.78. The molecule has 0 bridgehead atoms. The summed E-state index contributed by atoms with van der Waals surface area (Å²) in [5, 5.41) is 0. The summed E-state index contributed by atoms with van der Waals surface area (Å²) in [6.07, 6.45) is 2.79. The number of benzene rings is 1. The molecule has 3 atom stereocenters. The van der Waals surface area contributed by atoms with Crippen molar-refractivity contribution in [3.8, 4) is 0 Å². The van der Waals surface area contributed by atoms with Gasteiger partial charge in [-0.15, -0.1) is 0 Å². The average Bonchev–Trinajstić information content (AvgIpc) is 2.45. The second kappa shape index (κ2) is 8.15. The van der Waals surface area contributed by atoms with E-state index < -0.39 is 0 Å². The maximum atomic E-state index is 10.6. The Morgan fingerprint density at radius 2 is 2.00 bits per heavy atom. The monoisotopic (exact) mass is 278 g/mol. The lowest BCUT2D eigenvalue weighted by atomic mass is 10.1. The van der Waals surface area contributed by atoms with Gasteiger partial charge in [-0.1, -0.05) is 30.3 Å². The van der Waals surface area contributed by atoms with Crippen LogP contribution in [0.3, 0.4) is 0 Å². The number of carbonyl (C=O) groups excluding carboxylic acids is 1. The fraction of sp³-hybridized carbons (Fsp3) is 0.562. The predicted octanol–water partition coefficient (Wildman–Crippen LogP) is 2.70. The third-order valence-corrected chi connectivity index (χ3v) is 3.35. The summed E-state index contributed by atoms with van der Waals surface area (Å²) >= 11 is 0. The van der Waals surface area contributed by atoms with Crippen molar-refractivity contribution in [2.24, 2.45) is 0 Å². The summed E-state index contributed by atoms with van der Waals surface area (Å²) in [7, 11) is 0. The molecule has 4 nitrogen and oxygen atoms in total. The molecule has 1 aliphatic rings. The van der Waals surface area contributed by atoms with Gasteiger partial charge in [0, 0.05) is 19.4 Å². The number of carbonyl (C=O) groups is 1.